The van der Waals surface area contributed by atoms with Crippen LogP contribution in [0.1, 0.15) is 10.4 Å². The zero-order chi connectivity index (χ0) is 10.8. The van der Waals surface area contributed by atoms with Crippen molar-refractivity contribution in [2.45, 2.75) is 0 Å². The van der Waals surface area contributed by atoms with Crippen molar-refractivity contribution in [3.05, 3.63) is 40.9 Å². The van der Waals surface area contributed by atoms with Crippen molar-refractivity contribution in [1.82, 2.24) is 14.8 Å². The minimum Gasteiger partial charge on any atom is -0.478 e. The van der Waals surface area contributed by atoms with Gasteiger partial charge in [0, 0.05) is 12.4 Å². The minimum atomic E-state index is -1.00. The van der Waals surface area contributed by atoms with E-state index in [9.17, 15) is 4.79 Å². The van der Waals surface area contributed by atoms with Gasteiger partial charge in [-0.1, -0.05) is 0 Å². The molecule has 1 N–H and O–H groups in total. The molecule has 0 bridgehead atoms. The molecule has 0 unspecified atom stereocenters. The zero-order valence-corrected chi connectivity index (χ0v) is 9.05. The first kappa shape index (κ1) is 9.85. The Labute approximate surface area is 93.5 Å². The van der Waals surface area contributed by atoms with Crippen molar-refractivity contribution in [2.75, 3.05) is 0 Å². The first-order chi connectivity index (χ1) is 7.16. The fourth-order valence-electron chi connectivity index (χ4n) is 1.11. The summed E-state index contributed by atoms with van der Waals surface area (Å²) >= 11 is 3.26. The van der Waals surface area contributed by atoms with Crippen LogP contribution in [0.25, 0.3) is 5.69 Å². The van der Waals surface area contributed by atoms with Gasteiger partial charge in [0.25, 0.3) is 0 Å². The number of aromatic nitrogens is 3. The molecule has 2 heterocycles. The van der Waals surface area contributed by atoms with Crippen molar-refractivity contribution in [2.24, 2.45) is 0 Å². The molecule has 0 amide bonds. The maximum Gasteiger partial charge on any atom is 0.337 e. The zero-order valence-electron chi connectivity index (χ0n) is 7.46. The summed E-state index contributed by atoms with van der Waals surface area (Å²) in [4.78, 5) is 14.5. The van der Waals surface area contributed by atoms with Crippen LogP contribution in [0.15, 0.2) is 35.3 Å². The molecule has 2 aromatic heterocycles. The Balaban J connectivity index is 2.45. The SMILES string of the molecule is O=C(O)c1cncc(-n2cc(Br)cn2)c1. The minimum absolute atomic E-state index is 0.138. The maximum atomic E-state index is 10.7. The van der Waals surface area contributed by atoms with Gasteiger partial charge in [-0.05, 0) is 22.0 Å². The van der Waals surface area contributed by atoms with Crippen LogP contribution >= 0.6 is 15.9 Å². The molecule has 0 atom stereocenters. The number of carboxylic acids is 1. The normalized spacial score (nSPS) is 10.2. The number of halogens is 1. The van der Waals surface area contributed by atoms with E-state index in [1.54, 1.807) is 23.3 Å². The lowest BCUT2D eigenvalue weighted by molar-refractivity contribution is 0.0696. The predicted molar refractivity (Wildman–Crippen MR) is 56.0 cm³/mol. The summed E-state index contributed by atoms with van der Waals surface area (Å²) in [6.07, 6.45) is 6.19. The summed E-state index contributed by atoms with van der Waals surface area (Å²) in [7, 11) is 0. The van der Waals surface area contributed by atoms with E-state index in [-0.39, 0.29) is 5.56 Å². The Morgan fingerprint density at radius 2 is 2.20 bits per heavy atom. The van der Waals surface area contributed by atoms with Crippen LogP contribution < -0.4 is 0 Å². The van der Waals surface area contributed by atoms with Gasteiger partial charge in [-0.2, -0.15) is 5.10 Å². The number of hydrogen-bond donors (Lipinski definition) is 1. The van der Waals surface area contributed by atoms with E-state index in [1.165, 1.54) is 12.3 Å². The lowest BCUT2D eigenvalue weighted by Gasteiger charge is -2.00. The van der Waals surface area contributed by atoms with Gasteiger partial charge in [0.15, 0.2) is 0 Å². The molecular weight excluding hydrogens is 262 g/mol. The molecule has 0 aliphatic carbocycles. The third-order valence-corrected chi connectivity index (χ3v) is 2.20. The van der Waals surface area contributed by atoms with Gasteiger partial charge in [-0.25, -0.2) is 9.48 Å². The lowest BCUT2D eigenvalue weighted by atomic mass is 10.3. The van der Waals surface area contributed by atoms with Crippen molar-refractivity contribution in [3.8, 4) is 5.69 Å². The largest absolute Gasteiger partial charge is 0.478 e. The summed E-state index contributed by atoms with van der Waals surface area (Å²) in [5.74, 6) is -1.00. The highest BCUT2D eigenvalue weighted by molar-refractivity contribution is 9.10. The van der Waals surface area contributed by atoms with Gasteiger partial charge in [-0.3, -0.25) is 4.98 Å². The third kappa shape index (κ3) is 2.04. The van der Waals surface area contributed by atoms with Crippen LogP contribution in [-0.4, -0.2) is 25.8 Å². The molecule has 0 saturated heterocycles. The van der Waals surface area contributed by atoms with Crippen molar-refractivity contribution >= 4 is 21.9 Å². The second-order valence-electron chi connectivity index (χ2n) is 2.84. The highest BCUT2D eigenvalue weighted by atomic mass is 79.9. The van der Waals surface area contributed by atoms with Crippen molar-refractivity contribution < 1.29 is 9.90 Å². The molecule has 76 valence electrons. The fraction of sp³-hybridized carbons (Fsp3) is 0. The molecule has 0 saturated carbocycles. The van der Waals surface area contributed by atoms with Crippen molar-refractivity contribution in [3.63, 3.8) is 0 Å². The van der Waals surface area contributed by atoms with Gasteiger partial charge in [0.2, 0.25) is 0 Å². The molecule has 0 aliphatic rings. The smallest absolute Gasteiger partial charge is 0.337 e. The Bertz CT molecular complexity index is 510. The molecule has 0 aromatic carbocycles. The number of hydrogen-bond acceptors (Lipinski definition) is 3. The Kier molecular flexibility index (Phi) is 2.51. The molecule has 2 rings (SSSR count). The van der Waals surface area contributed by atoms with E-state index in [4.69, 9.17) is 5.11 Å². The molecule has 2 aromatic rings. The summed E-state index contributed by atoms with van der Waals surface area (Å²) in [6, 6.07) is 1.51. The van der Waals surface area contributed by atoms with Crippen LogP contribution in [-0.2, 0) is 0 Å². The van der Waals surface area contributed by atoms with E-state index in [1.807, 2.05) is 0 Å². The third-order valence-electron chi connectivity index (χ3n) is 1.79. The van der Waals surface area contributed by atoms with Gasteiger partial charge in [-0.15, -0.1) is 0 Å². The molecule has 5 nitrogen and oxygen atoms in total. The average molecular weight is 268 g/mol. The number of carbonyl (C=O) groups is 1. The topological polar surface area (TPSA) is 68.0 Å². The van der Waals surface area contributed by atoms with Crippen LogP contribution in [0.3, 0.4) is 0 Å². The van der Waals surface area contributed by atoms with Gasteiger partial charge in [0.1, 0.15) is 0 Å². The fourth-order valence-corrected chi connectivity index (χ4v) is 1.40. The second kappa shape index (κ2) is 3.82. The molecule has 0 radical (unpaired) electrons. The monoisotopic (exact) mass is 267 g/mol. The van der Waals surface area contributed by atoms with Crippen molar-refractivity contribution in [1.29, 1.82) is 0 Å². The highest BCUT2D eigenvalue weighted by Crippen LogP contribution is 2.12. The van der Waals surface area contributed by atoms with E-state index >= 15 is 0 Å². The average Bonchev–Trinajstić information content (AvgIpc) is 2.65. The second-order valence-corrected chi connectivity index (χ2v) is 3.76. The number of pyridine rings is 1. The molecular formula is C9H6BrN3O2. The lowest BCUT2D eigenvalue weighted by Crippen LogP contribution is -2.01. The Hall–Kier alpha value is -1.69. The summed E-state index contributed by atoms with van der Waals surface area (Å²) < 4.78 is 2.37. The summed E-state index contributed by atoms with van der Waals surface area (Å²) in [5.41, 5.74) is 0.750. The molecule has 0 spiro atoms. The molecule has 6 heteroatoms. The predicted octanol–water partition coefficient (Wildman–Crippen LogP) is 1.73. The van der Waals surface area contributed by atoms with Crippen LogP contribution in [0.4, 0.5) is 0 Å². The number of carboxylic acid groups (broad SMARTS) is 1. The molecule has 0 aliphatic heterocycles. The highest BCUT2D eigenvalue weighted by Gasteiger charge is 2.05. The van der Waals surface area contributed by atoms with E-state index in [0.29, 0.717) is 5.69 Å². The standard InChI is InChI=1S/C9H6BrN3O2/c10-7-3-12-13(5-7)8-1-6(9(14)15)2-11-4-8/h1-5H,(H,14,15). The number of nitrogens with zero attached hydrogens (tertiary/aromatic N) is 3. The Morgan fingerprint density at radius 3 is 2.80 bits per heavy atom. The maximum absolute atomic E-state index is 10.7. The van der Waals surface area contributed by atoms with Crippen LogP contribution in [0.5, 0.6) is 0 Å². The van der Waals surface area contributed by atoms with Crippen LogP contribution in [0.2, 0.25) is 0 Å². The van der Waals surface area contributed by atoms with E-state index in [0.717, 1.165) is 4.47 Å². The summed E-state index contributed by atoms with van der Waals surface area (Å²) in [5, 5.41) is 12.8. The van der Waals surface area contributed by atoms with Gasteiger partial charge in [0.05, 0.1) is 28.1 Å². The molecule has 0 fully saturated rings. The first-order valence-electron chi connectivity index (χ1n) is 4.06. The van der Waals surface area contributed by atoms with E-state index < -0.39 is 5.97 Å². The molecule has 15 heavy (non-hydrogen) atoms. The quantitative estimate of drug-likeness (QED) is 0.900. The van der Waals surface area contributed by atoms with Gasteiger partial charge < -0.3 is 5.11 Å². The first-order valence-corrected chi connectivity index (χ1v) is 4.85. The number of rotatable bonds is 2. The number of aromatic carboxylic acids is 1. The Morgan fingerprint density at radius 1 is 1.40 bits per heavy atom. The van der Waals surface area contributed by atoms with Gasteiger partial charge >= 0.3 is 5.97 Å². The van der Waals surface area contributed by atoms with E-state index in [2.05, 4.69) is 26.0 Å². The van der Waals surface area contributed by atoms with Crippen LogP contribution in [0, 0.1) is 0 Å². The summed E-state index contributed by atoms with van der Waals surface area (Å²) in [6.45, 7) is 0.